The van der Waals surface area contributed by atoms with Crippen molar-refractivity contribution in [2.75, 3.05) is 7.05 Å². The van der Waals surface area contributed by atoms with Crippen LogP contribution in [0, 0.1) is 0 Å². The molecule has 9 rings (SSSR count). The fourth-order valence-electron chi connectivity index (χ4n) is 6.26. The molecule has 0 fully saturated rings. The van der Waals surface area contributed by atoms with E-state index in [2.05, 4.69) is 26.7 Å². The van der Waals surface area contributed by atoms with E-state index in [0.717, 1.165) is 61.1 Å². The van der Waals surface area contributed by atoms with Gasteiger partial charge < -0.3 is 8.83 Å². The largest absolute Gasteiger partial charge is 0.436 e. The molecule has 0 atom stereocenters. The topological polar surface area (TPSA) is 141 Å². The molecule has 0 radical (unpaired) electrons. The van der Waals surface area contributed by atoms with E-state index in [-0.39, 0.29) is 0 Å². The molecule has 0 bridgehead atoms. The molecule has 0 saturated carbocycles. The van der Waals surface area contributed by atoms with E-state index in [1.807, 2.05) is 115 Å². The second-order valence-corrected chi connectivity index (χ2v) is 12.5. The highest BCUT2D eigenvalue weighted by Gasteiger charge is 2.18. The van der Waals surface area contributed by atoms with E-state index in [1.165, 1.54) is 6.33 Å². The molecular weight excluding hydrogens is 687 g/mol. The second-order valence-electron chi connectivity index (χ2n) is 12.5. The SMILES string of the molecule is C=N/C=C(\C=NC)c1cc(-c2cncnc2)cc(-c2nc(-c3ccc4nc(-c5ccccc5)oc4c3)nc(-c3ccc4nc(-c5ccccc5)oc4c3)n2)c1. The van der Waals surface area contributed by atoms with Crippen molar-refractivity contribution in [2.24, 2.45) is 9.98 Å². The summed E-state index contributed by atoms with van der Waals surface area (Å²) in [5.41, 5.74) is 9.84. The average Bonchev–Trinajstić information content (AvgIpc) is 3.89. The van der Waals surface area contributed by atoms with Crippen LogP contribution in [0.2, 0.25) is 0 Å². The maximum Gasteiger partial charge on any atom is 0.227 e. The van der Waals surface area contributed by atoms with E-state index in [4.69, 9.17) is 33.8 Å². The zero-order valence-corrected chi connectivity index (χ0v) is 29.4. The molecule has 9 aromatic rings. The minimum Gasteiger partial charge on any atom is -0.436 e. The lowest BCUT2D eigenvalue weighted by molar-refractivity contribution is 0.619. The highest BCUT2D eigenvalue weighted by atomic mass is 16.4. The van der Waals surface area contributed by atoms with Gasteiger partial charge in [-0.3, -0.25) is 9.98 Å². The van der Waals surface area contributed by atoms with Crippen LogP contribution in [-0.2, 0) is 0 Å². The van der Waals surface area contributed by atoms with Crippen molar-refractivity contribution in [1.29, 1.82) is 0 Å². The van der Waals surface area contributed by atoms with Crippen LogP contribution in [0.4, 0.5) is 0 Å². The first-order valence-electron chi connectivity index (χ1n) is 17.3. The van der Waals surface area contributed by atoms with Gasteiger partial charge in [-0.1, -0.05) is 36.4 Å². The Morgan fingerprint density at radius 1 is 0.545 bits per heavy atom. The summed E-state index contributed by atoms with van der Waals surface area (Å²) in [6, 6.07) is 37.1. The van der Waals surface area contributed by atoms with Gasteiger partial charge in [-0.2, -0.15) is 0 Å². The predicted octanol–water partition coefficient (Wildman–Crippen LogP) is 9.69. The predicted molar refractivity (Wildman–Crippen MR) is 215 cm³/mol. The number of aromatic nitrogens is 7. The third-order valence-electron chi connectivity index (χ3n) is 8.89. The third kappa shape index (κ3) is 6.69. The Bertz CT molecular complexity index is 2770. The Hall–Kier alpha value is -7.79. The highest BCUT2D eigenvalue weighted by molar-refractivity contribution is 6.10. The van der Waals surface area contributed by atoms with Gasteiger partial charge in [0.05, 0.1) is 0 Å². The van der Waals surface area contributed by atoms with Gasteiger partial charge in [0.1, 0.15) is 17.4 Å². The monoisotopic (exact) mass is 715 g/mol. The molecule has 5 aromatic carbocycles. The van der Waals surface area contributed by atoms with Crippen molar-refractivity contribution < 1.29 is 8.83 Å². The summed E-state index contributed by atoms with van der Waals surface area (Å²) in [5.74, 6) is 2.38. The van der Waals surface area contributed by atoms with Gasteiger partial charge in [-0.05, 0) is 96.7 Å². The summed E-state index contributed by atoms with van der Waals surface area (Å²) in [4.78, 5) is 41.4. The summed E-state index contributed by atoms with van der Waals surface area (Å²) in [6.07, 6.45) is 8.41. The van der Waals surface area contributed by atoms with Crippen molar-refractivity contribution in [2.45, 2.75) is 0 Å². The van der Waals surface area contributed by atoms with Crippen molar-refractivity contribution in [1.82, 2.24) is 34.9 Å². The van der Waals surface area contributed by atoms with Gasteiger partial charge >= 0.3 is 0 Å². The Morgan fingerprint density at radius 3 is 1.60 bits per heavy atom. The Labute approximate surface area is 314 Å². The normalized spacial score (nSPS) is 11.8. The lowest BCUT2D eigenvalue weighted by Crippen LogP contribution is -2.01. The van der Waals surface area contributed by atoms with Crippen LogP contribution in [0.5, 0.6) is 0 Å². The minimum atomic E-state index is 0.435. The van der Waals surface area contributed by atoms with Crippen LogP contribution < -0.4 is 0 Å². The third-order valence-corrected chi connectivity index (χ3v) is 8.89. The van der Waals surface area contributed by atoms with Gasteiger partial charge in [0.15, 0.2) is 28.6 Å². The summed E-state index contributed by atoms with van der Waals surface area (Å²) in [5, 5.41) is 0. The molecular formula is C44H29N9O2. The van der Waals surface area contributed by atoms with Gasteiger partial charge in [-0.25, -0.2) is 34.9 Å². The van der Waals surface area contributed by atoms with Crippen LogP contribution in [-0.4, -0.2) is 54.9 Å². The van der Waals surface area contributed by atoms with E-state index in [9.17, 15) is 0 Å². The number of nitrogens with zero attached hydrogens (tertiary/aromatic N) is 9. The number of allylic oxidation sites excluding steroid dienone is 1. The average molecular weight is 716 g/mol. The lowest BCUT2D eigenvalue weighted by atomic mass is 9.97. The molecule has 11 heteroatoms. The smallest absolute Gasteiger partial charge is 0.227 e. The minimum absolute atomic E-state index is 0.435. The standard InChI is InChI=1S/C44H29N9O2/c1-45-22-34(23-46-2)31-17-32(35-24-47-26-48-25-35)19-33(18-31)42-52-40(29-13-15-36-38(20-29)54-43(49-36)27-9-5-3-6-10-27)51-41(53-42)30-14-16-37-39(21-30)55-44(50-37)28-11-7-4-8-12-28/h3-26H,1H2,2H3/b34-22+,46-23?. The summed E-state index contributed by atoms with van der Waals surface area (Å²) in [6.45, 7) is 3.68. The van der Waals surface area contributed by atoms with E-state index in [1.54, 1.807) is 31.9 Å². The first-order chi connectivity index (χ1) is 27.1. The van der Waals surface area contributed by atoms with Crippen molar-refractivity contribution >= 4 is 40.7 Å². The number of hydrogen-bond acceptors (Lipinski definition) is 11. The molecule has 0 amide bonds. The molecule has 4 aromatic heterocycles. The molecule has 55 heavy (non-hydrogen) atoms. The molecule has 0 unspecified atom stereocenters. The highest BCUT2D eigenvalue weighted by Crippen LogP contribution is 2.34. The van der Waals surface area contributed by atoms with Crippen LogP contribution in [0.25, 0.3) is 96.0 Å². The molecule has 0 aliphatic heterocycles. The zero-order chi connectivity index (χ0) is 37.1. The molecule has 0 aliphatic carbocycles. The van der Waals surface area contributed by atoms with Gasteiger partial charge in [-0.15, -0.1) is 0 Å². The first kappa shape index (κ1) is 33.1. The van der Waals surface area contributed by atoms with Gasteiger partial charge in [0, 0.05) is 70.8 Å². The molecule has 262 valence electrons. The fraction of sp³-hybridized carbons (Fsp3) is 0.0227. The van der Waals surface area contributed by atoms with Gasteiger partial charge in [0.25, 0.3) is 0 Å². The number of oxazole rings is 2. The van der Waals surface area contributed by atoms with Crippen molar-refractivity contribution in [3.05, 3.63) is 146 Å². The van der Waals surface area contributed by atoms with E-state index in [0.29, 0.717) is 40.4 Å². The zero-order valence-electron chi connectivity index (χ0n) is 29.4. The van der Waals surface area contributed by atoms with Crippen LogP contribution >= 0.6 is 0 Å². The fourth-order valence-corrected chi connectivity index (χ4v) is 6.26. The number of rotatable bonds is 9. The Morgan fingerprint density at radius 2 is 1.07 bits per heavy atom. The Kier molecular flexibility index (Phi) is 8.61. The molecule has 4 heterocycles. The number of aliphatic imine (C=N–C) groups is 2. The summed E-state index contributed by atoms with van der Waals surface area (Å²) < 4.78 is 12.5. The van der Waals surface area contributed by atoms with Gasteiger partial charge in [0.2, 0.25) is 11.8 Å². The van der Waals surface area contributed by atoms with Crippen molar-refractivity contribution in [3.8, 4) is 68.2 Å². The molecule has 11 nitrogen and oxygen atoms in total. The van der Waals surface area contributed by atoms with E-state index >= 15 is 0 Å². The quantitative estimate of drug-likeness (QED) is 0.134. The van der Waals surface area contributed by atoms with Crippen LogP contribution in [0.1, 0.15) is 5.56 Å². The lowest BCUT2D eigenvalue weighted by Gasteiger charge is -2.12. The number of benzene rings is 5. The molecule has 0 N–H and O–H groups in total. The summed E-state index contributed by atoms with van der Waals surface area (Å²) >= 11 is 0. The van der Waals surface area contributed by atoms with Crippen LogP contribution in [0.3, 0.4) is 0 Å². The first-order valence-corrected chi connectivity index (χ1v) is 17.3. The maximum absolute atomic E-state index is 6.24. The number of hydrogen-bond donors (Lipinski definition) is 0. The Balaban J connectivity index is 1.23. The van der Waals surface area contributed by atoms with Crippen LogP contribution in [0.15, 0.2) is 159 Å². The number of fused-ring (bicyclic) bond motifs is 2. The molecule has 0 saturated heterocycles. The molecule has 0 spiro atoms. The maximum atomic E-state index is 6.24. The molecule has 0 aliphatic rings. The summed E-state index contributed by atoms with van der Waals surface area (Å²) in [7, 11) is 1.71. The second kappa shape index (κ2) is 14.3. The van der Waals surface area contributed by atoms with Crippen molar-refractivity contribution in [3.63, 3.8) is 0 Å². The van der Waals surface area contributed by atoms with E-state index < -0.39 is 0 Å².